The van der Waals surface area contributed by atoms with Crippen molar-refractivity contribution in [3.05, 3.63) is 144 Å². The van der Waals surface area contributed by atoms with E-state index in [-0.39, 0.29) is 26.4 Å². The zero-order valence-corrected chi connectivity index (χ0v) is 31.3. The minimum Gasteiger partial charge on any atom is -0.456 e. The van der Waals surface area contributed by atoms with Gasteiger partial charge in [0.2, 0.25) is 0 Å². The van der Waals surface area contributed by atoms with Gasteiger partial charge in [0.1, 0.15) is 24.4 Å². The van der Waals surface area contributed by atoms with Gasteiger partial charge in [-0.05, 0) is 22.3 Å². The molecule has 14 nitrogen and oxygen atoms in total. The molecule has 0 bridgehead atoms. The zero-order chi connectivity index (χ0) is 38.6. The number of ether oxygens (including phenoxy) is 2. The number of aliphatic hydroxyl groups excluding tert-OH is 2. The molecule has 0 aliphatic heterocycles. The zero-order valence-electron chi connectivity index (χ0n) is 29.5. The summed E-state index contributed by atoms with van der Waals surface area (Å²) in [5.74, 6) is -1.88. The molecule has 1 fully saturated rings. The van der Waals surface area contributed by atoms with Crippen molar-refractivity contribution in [3.63, 3.8) is 0 Å². The second kappa shape index (κ2) is 19.5. The van der Waals surface area contributed by atoms with Crippen molar-refractivity contribution in [2.24, 2.45) is 0 Å². The van der Waals surface area contributed by atoms with Gasteiger partial charge in [0.15, 0.2) is 12.2 Å². The summed E-state index contributed by atoms with van der Waals surface area (Å²) in [5.41, 5.74) is 2.38. The molecule has 4 aromatic carbocycles. The Bertz CT molecular complexity index is 1630. The van der Waals surface area contributed by atoms with Gasteiger partial charge in [0, 0.05) is 13.8 Å². The lowest BCUT2D eigenvalue weighted by molar-refractivity contribution is -0.236. The van der Waals surface area contributed by atoms with Crippen LogP contribution in [-0.4, -0.2) is 58.8 Å². The molecular weight excluding hydrogens is 742 g/mol. The number of phosphoric acid groups is 2. The molecule has 2 N–H and O–H groups in total. The highest BCUT2D eigenvalue weighted by Crippen LogP contribution is 2.56. The van der Waals surface area contributed by atoms with E-state index in [0.717, 1.165) is 13.8 Å². The summed E-state index contributed by atoms with van der Waals surface area (Å²) in [7, 11) is -9.44. The molecule has 0 spiro atoms. The summed E-state index contributed by atoms with van der Waals surface area (Å²) in [6.45, 7) is 0.992. The van der Waals surface area contributed by atoms with Gasteiger partial charge in [0.05, 0.1) is 26.4 Å². The molecule has 1 aliphatic rings. The molecule has 5 rings (SSSR count). The lowest BCUT2D eigenvalue weighted by Crippen LogP contribution is -2.66. The predicted molar refractivity (Wildman–Crippen MR) is 193 cm³/mol. The van der Waals surface area contributed by atoms with E-state index in [1.807, 2.05) is 0 Å². The molecule has 54 heavy (non-hydrogen) atoms. The highest BCUT2D eigenvalue weighted by atomic mass is 31.2. The van der Waals surface area contributed by atoms with Crippen LogP contribution in [0.2, 0.25) is 0 Å². The maximum absolute atomic E-state index is 14.4. The third-order valence-corrected chi connectivity index (χ3v) is 10.8. The molecule has 6 atom stereocenters. The van der Waals surface area contributed by atoms with Crippen LogP contribution in [-0.2, 0) is 81.8 Å². The van der Waals surface area contributed by atoms with Crippen LogP contribution in [0.1, 0.15) is 36.1 Å². The smallest absolute Gasteiger partial charge is 0.456 e. The summed E-state index contributed by atoms with van der Waals surface area (Å²) >= 11 is 0. The first-order valence-corrected chi connectivity index (χ1v) is 19.9. The average Bonchev–Trinajstić information content (AvgIpc) is 3.18. The van der Waals surface area contributed by atoms with Crippen molar-refractivity contribution in [1.29, 1.82) is 0 Å². The van der Waals surface area contributed by atoms with Gasteiger partial charge in [-0.2, -0.15) is 0 Å². The van der Waals surface area contributed by atoms with E-state index in [4.69, 9.17) is 36.6 Å². The second-order valence-electron chi connectivity index (χ2n) is 12.2. The SMILES string of the molecule is CC(=O)O[C@H]1[C@H](OC(C)=O)[C@@H](OP(=O)(OCc2ccccc2)OCc2ccccc2)[C@@H](O)[C@@H](O)[C@@H]1OP(=O)(OCc1ccccc1)OCc1ccccc1. The van der Waals surface area contributed by atoms with E-state index < -0.39 is 64.2 Å². The minimum atomic E-state index is -4.72. The number of carbonyl (C=O) groups excluding carboxylic acids is 2. The number of hydrogen-bond acceptors (Lipinski definition) is 14. The monoisotopic (exact) mass is 784 g/mol. The van der Waals surface area contributed by atoms with Gasteiger partial charge in [-0.15, -0.1) is 0 Å². The second-order valence-corrected chi connectivity index (χ2v) is 15.4. The lowest BCUT2D eigenvalue weighted by atomic mass is 9.84. The van der Waals surface area contributed by atoms with Gasteiger partial charge in [-0.25, -0.2) is 9.13 Å². The Balaban J connectivity index is 1.47. The van der Waals surface area contributed by atoms with Crippen molar-refractivity contribution in [3.8, 4) is 0 Å². The molecule has 1 saturated carbocycles. The van der Waals surface area contributed by atoms with E-state index in [1.54, 1.807) is 121 Å². The Hall–Kier alpha value is -4.04. The molecule has 0 heterocycles. The highest BCUT2D eigenvalue weighted by Gasteiger charge is 2.59. The standard InChI is InChI=1S/C38H42O14P2/c1-27(39)49-37-35(51-53(43,45-23-29-15-7-3-8-16-29)46-24-30-17-9-4-10-18-30)33(41)34(42)36(38(37)50-28(2)40)52-54(44,47-25-31-19-11-5-12-20-31)48-26-32-21-13-6-14-22-32/h3-22,33-38,41-42H,23-26H2,1-2H3/t33-,34+,35-,36-,37+,38+/m0/s1. The summed E-state index contributed by atoms with van der Waals surface area (Å²) in [4.78, 5) is 25.1. The fraction of sp³-hybridized carbons (Fsp3) is 0.316. The highest BCUT2D eigenvalue weighted by molar-refractivity contribution is 7.48. The van der Waals surface area contributed by atoms with Crippen LogP contribution >= 0.6 is 15.6 Å². The molecule has 0 radical (unpaired) electrons. The number of benzene rings is 4. The first-order valence-electron chi connectivity index (χ1n) is 16.9. The average molecular weight is 785 g/mol. The number of carbonyl (C=O) groups is 2. The minimum absolute atomic E-state index is 0.268. The van der Waals surface area contributed by atoms with Crippen LogP contribution in [0.5, 0.6) is 0 Å². The number of hydrogen-bond donors (Lipinski definition) is 2. The fourth-order valence-electron chi connectivity index (χ4n) is 5.45. The Morgan fingerprint density at radius 1 is 0.463 bits per heavy atom. The van der Waals surface area contributed by atoms with Crippen molar-refractivity contribution in [2.75, 3.05) is 0 Å². The first-order chi connectivity index (χ1) is 25.9. The summed E-state index contributed by atoms with van der Waals surface area (Å²) < 4.78 is 74.3. The van der Waals surface area contributed by atoms with Crippen LogP contribution in [0.15, 0.2) is 121 Å². The van der Waals surface area contributed by atoms with Crippen LogP contribution < -0.4 is 0 Å². The molecule has 0 aromatic heterocycles. The Morgan fingerprint density at radius 2 is 0.704 bits per heavy atom. The lowest BCUT2D eigenvalue weighted by Gasteiger charge is -2.46. The number of esters is 2. The maximum atomic E-state index is 14.4. The van der Waals surface area contributed by atoms with Crippen LogP contribution in [0, 0.1) is 0 Å². The normalized spacial score (nSPS) is 21.6. The van der Waals surface area contributed by atoms with E-state index >= 15 is 0 Å². The fourth-order valence-corrected chi connectivity index (χ4v) is 8.16. The quantitative estimate of drug-likeness (QED) is 0.0831. The van der Waals surface area contributed by atoms with E-state index in [2.05, 4.69) is 0 Å². The molecule has 0 unspecified atom stereocenters. The molecule has 4 aromatic rings. The van der Waals surface area contributed by atoms with Crippen molar-refractivity contribution >= 4 is 27.6 Å². The van der Waals surface area contributed by atoms with Crippen molar-refractivity contribution < 1.29 is 65.5 Å². The first kappa shape index (κ1) is 41.1. The van der Waals surface area contributed by atoms with E-state index in [0.29, 0.717) is 22.3 Å². The van der Waals surface area contributed by atoms with Crippen LogP contribution in [0.3, 0.4) is 0 Å². The number of phosphoric ester groups is 2. The van der Waals surface area contributed by atoms with Crippen molar-refractivity contribution in [2.45, 2.75) is 76.9 Å². The number of rotatable bonds is 18. The van der Waals surface area contributed by atoms with E-state index in [9.17, 15) is 28.9 Å². The molecule has 0 saturated heterocycles. The predicted octanol–water partition coefficient (Wildman–Crippen LogP) is 6.44. The molecule has 288 valence electrons. The van der Waals surface area contributed by atoms with Gasteiger partial charge in [-0.3, -0.25) is 36.7 Å². The van der Waals surface area contributed by atoms with Crippen molar-refractivity contribution in [1.82, 2.24) is 0 Å². The van der Waals surface area contributed by atoms with Gasteiger partial charge < -0.3 is 19.7 Å². The molecule has 1 aliphatic carbocycles. The third-order valence-electron chi connectivity index (χ3n) is 8.03. The Morgan fingerprint density at radius 3 is 0.926 bits per heavy atom. The van der Waals surface area contributed by atoms with Crippen LogP contribution in [0.25, 0.3) is 0 Å². The summed E-state index contributed by atoms with van der Waals surface area (Å²) in [6.07, 6.45) is -11.7. The molecular formula is C38H42O14P2. The largest absolute Gasteiger partial charge is 0.475 e. The van der Waals surface area contributed by atoms with Crippen LogP contribution in [0.4, 0.5) is 0 Å². The molecule has 0 amide bonds. The summed E-state index contributed by atoms with van der Waals surface area (Å²) in [6, 6.07) is 34.7. The topological polar surface area (TPSA) is 183 Å². The van der Waals surface area contributed by atoms with E-state index in [1.165, 1.54) is 0 Å². The number of aliphatic hydroxyl groups is 2. The van der Waals surface area contributed by atoms with Gasteiger partial charge in [-0.1, -0.05) is 121 Å². The Kier molecular flexibility index (Phi) is 14.9. The van der Waals surface area contributed by atoms with Gasteiger partial charge in [0.25, 0.3) is 0 Å². The maximum Gasteiger partial charge on any atom is 0.475 e. The Labute approximate surface area is 313 Å². The summed E-state index contributed by atoms with van der Waals surface area (Å²) in [5, 5.41) is 23.2. The third kappa shape index (κ3) is 12.0. The molecule has 16 heteroatoms. The van der Waals surface area contributed by atoms with Gasteiger partial charge >= 0.3 is 27.6 Å².